The van der Waals surface area contributed by atoms with E-state index in [9.17, 15) is 14.9 Å². The van der Waals surface area contributed by atoms with Crippen molar-refractivity contribution in [3.05, 3.63) is 51.6 Å². The Morgan fingerprint density at radius 2 is 2.21 bits per heavy atom. The quantitative estimate of drug-likeness (QED) is 0.334. The molecule has 72 valence electrons. The fraction of sp³-hybridized carbons (Fsp3) is 0. The maximum absolute atomic E-state index is 11.2. The molecule has 0 aliphatic carbocycles. The van der Waals surface area contributed by atoms with Crippen LogP contribution in [0.4, 0.5) is 5.69 Å². The fourth-order valence-corrected chi connectivity index (χ4v) is 1.04. The highest BCUT2D eigenvalue weighted by Crippen LogP contribution is 2.13. The largest absolute Gasteiger partial charge is 0.289 e. The van der Waals surface area contributed by atoms with Gasteiger partial charge in [-0.15, -0.1) is 0 Å². The van der Waals surface area contributed by atoms with E-state index in [1.165, 1.54) is 24.3 Å². The van der Waals surface area contributed by atoms with Crippen LogP contribution in [0.25, 0.3) is 0 Å². The zero-order valence-electron chi connectivity index (χ0n) is 7.01. The summed E-state index contributed by atoms with van der Waals surface area (Å²) in [5.74, 6) is -0.358. The van der Waals surface area contributed by atoms with Gasteiger partial charge in [-0.3, -0.25) is 14.9 Å². The van der Waals surface area contributed by atoms with Gasteiger partial charge in [0.25, 0.3) is 5.69 Å². The first-order chi connectivity index (χ1) is 6.65. The number of nitrogens with zero attached hydrogens (tertiary/aromatic N) is 1. The van der Waals surface area contributed by atoms with Crippen molar-refractivity contribution in [2.45, 2.75) is 0 Å². The Morgan fingerprint density at radius 3 is 2.79 bits per heavy atom. The molecule has 0 fully saturated rings. The fourth-order valence-electron chi connectivity index (χ4n) is 0.926. The third kappa shape index (κ3) is 2.40. The van der Waals surface area contributed by atoms with Crippen LogP contribution in [0.15, 0.2) is 35.9 Å². The molecule has 0 saturated heterocycles. The highest BCUT2D eigenvalue weighted by molar-refractivity contribution is 6.27. The molecule has 0 aliphatic heterocycles. The molecule has 5 heteroatoms. The Balaban J connectivity index is 3.05. The third-order valence-electron chi connectivity index (χ3n) is 1.56. The van der Waals surface area contributed by atoms with Gasteiger partial charge in [0.1, 0.15) is 0 Å². The lowest BCUT2D eigenvalue weighted by atomic mass is 10.1. The first kappa shape index (κ1) is 10.4. The highest BCUT2D eigenvalue weighted by Gasteiger charge is 2.08. The third-order valence-corrected chi connectivity index (χ3v) is 1.68. The molecule has 0 bridgehead atoms. The van der Waals surface area contributed by atoms with Crippen LogP contribution in [0.5, 0.6) is 0 Å². The van der Waals surface area contributed by atoms with Crippen LogP contribution in [0.1, 0.15) is 10.4 Å². The van der Waals surface area contributed by atoms with E-state index in [2.05, 4.69) is 0 Å². The average molecular weight is 212 g/mol. The summed E-state index contributed by atoms with van der Waals surface area (Å²) in [5, 5.41) is 10.4. The minimum absolute atomic E-state index is 0.112. The van der Waals surface area contributed by atoms with Gasteiger partial charge in [0.05, 0.1) is 4.92 Å². The number of rotatable bonds is 3. The van der Waals surface area contributed by atoms with Crippen LogP contribution < -0.4 is 0 Å². The summed E-state index contributed by atoms with van der Waals surface area (Å²) in [7, 11) is 0. The molecule has 0 saturated carbocycles. The van der Waals surface area contributed by atoms with Gasteiger partial charge in [-0.05, 0) is 6.08 Å². The predicted molar refractivity (Wildman–Crippen MR) is 52.4 cm³/mol. The van der Waals surface area contributed by atoms with E-state index in [0.29, 0.717) is 0 Å². The molecule has 1 rings (SSSR count). The molecule has 0 aliphatic rings. The molecule has 1 aromatic rings. The summed E-state index contributed by atoms with van der Waals surface area (Å²) >= 11 is 5.21. The number of nitro groups is 1. The highest BCUT2D eigenvalue weighted by atomic mass is 35.5. The number of carbonyl (C=O) groups excluding carboxylic acids is 1. The zero-order valence-corrected chi connectivity index (χ0v) is 7.77. The normalized spacial score (nSPS) is 10.4. The molecule has 0 amide bonds. The average Bonchev–Trinajstić information content (AvgIpc) is 2.18. The van der Waals surface area contributed by atoms with Crippen molar-refractivity contribution in [3.8, 4) is 0 Å². The maximum atomic E-state index is 11.2. The van der Waals surface area contributed by atoms with E-state index in [1.807, 2.05) is 0 Å². The summed E-state index contributed by atoms with van der Waals surface area (Å²) in [4.78, 5) is 21.1. The molecule has 1 aromatic carbocycles. The van der Waals surface area contributed by atoms with Crippen molar-refractivity contribution < 1.29 is 9.72 Å². The van der Waals surface area contributed by atoms with Crippen molar-refractivity contribution in [2.24, 2.45) is 0 Å². The van der Waals surface area contributed by atoms with E-state index >= 15 is 0 Å². The predicted octanol–water partition coefficient (Wildman–Crippen LogP) is 2.53. The van der Waals surface area contributed by atoms with Gasteiger partial charge < -0.3 is 0 Å². The molecular formula is C9H6ClNO3. The van der Waals surface area contributed by atoms with E-state index < -0.39 is 4.92 Å². The van der Waals surface area contributed by atoms with Gasteiger partial charge in [-0.25, -0.2) is 0 Å². The molecule has 0 atom stereocenters. The first-order valence-corrected chi connectivity index (χ1v) is 4.14. The Bertz CT molecular complexity index is 401. The summed E-state index contributed by atoms with van der Waals surface area (Å²) in [6, 6.07) is 5.47. The van der Waals surface area contributed by atoms with Crippen LogP contribution in [-0.2, 0) is 0 Å². The van der Waals surface area contributed by atoms with Crippen molar-refractivity contribution in [2.75, 3.05) is 0 Å². The van der Waals surface area contributed by atoms with Crippen LogP contribution in [0.2, 0.25) is 0 Å². The van der Waals surface area contributed by atoms with Crippen LogP contribution >= 0.6 is 11.6 Å². The van der Waals surface area contributed by atoms with Crippen molar-refractivity contribution in [1.29, 1.82) is 0 Å². The van der Waals surface area contributed by atoms with Crippen LogP contribution in [0, 0.1) is 10.1 Å². The lowest BCUT2D eigenvalue weighted by Gasteiger charge is -1.94. The number of ketones is 1. The minimum atomic E-state index is -0.554. The number of hydrogen-bond acceptors (Lipinski definition) is 3. The Morgan fingerprint density at radius 1 is 1.50 bits per heavy atom. The molecule has 14 heavy (non-hydrogen) atoms. The minimum Gasteiger partial charge on any atom is -0.289 e. The van der Waals surface area contributed by atoms with Gasteiger partial charge in [0.15, 0.2) is 5.78 Å². The van der Waals surface area contributed by atoms with Gasteiger partial charge in [0, 0.05) is 23.2 Å². The lowest BCUT2D eigenvalue weighted by Crippen LogP contribution is -1.95. The number of allylic oxidation sites excluding steroid dienone is 1. The van der Waals surface area contributed by atoms with Crippen LogP contribution in [0.3, 0.4) is 0 Å². The lowest BCUT2D eigenvalue weighted by molar-refractivity contribution is -0.384. The second-order valence-corrected chi connectivity index (χ2v) is 2.72. The van der Waals surface area contributed by atoms with E-state index in [1.54, 1.807) is 0 Å². The number of halogens is 1. The van der Waals surface area contributed by atoms with Gasteiger partial charge >= 0.3 is 0 Å². The Hall–Kier alpha value is -1.68. The maximum Gasteiger partial charge on any atom is 0.270 e. The zero-order chi connectivity index (χ0) is 10.6. The number of nitro benzene ring substituents is 1. The van der Waals surface area contributed by atoms with Crippen molar-refractivity contribution in [1.82, 2.24) is 0 Å². The standard InChI is InChI=1S/C9H6ClNO3/c10-5-4-9(12)7-2-1-3-8(6-7)11(13)14/h1-6H/b5-4+. The summed E-state index contributed by atoms with van der Waals surface area (Å²) in [6.07, 6.45) is 1.14. The molecule has 0 unspecified atom stereocenters. The molecule has 0 radical (unpaired) electrons. The van der Waals surface area contributed by atoms with Crippen molar-refractivity contribution >= 4 is 23.1 Å². The second-order valence-electron chi connectivity index (χ2n) is 2.46. The van der Waals surface area contributed by atoms with Crippen LogP contribution in [-0.4, -0.2) is 10.7 Å². The Kier molecular flexibility index (Phi) is 3.36. The van der Waals surface area contributed by atoms with E-state index in [-0.39, 0.29) is 17.0 Å². The second kappa shape index (κ2) is 4.53. The monoisotopic (exact) mass is 211 g/mol. The van der Waals surface area contributed by atoms with Crippen molar-refractivity contribution in [3.63, 3.8) is 0 Å². The number of non-ortho nitro benzene ring substituents is 1. The van der Waals surface area contributed by atoms with E-state index in [0.717, 1.165) is 11.6 Å². The topological polar surface area (TPSA) is 60.2 Å². The van der Waals surface area contributed by atoms with Gasteiger partial charge in [-0.1, -0.05) is 23.7 Å². The molecule has 0 spiro atoms. The summed E-state index contributed by atoms with van der Waals surface area (Å²) in [6.45, 7) is 0. The number of carbonyl (C=O) groups is 1. The molecule has 0 aromatic heterocycles. The van der Waals surface area contributed by atoms with E-state index in [4.69, 9.17) is 11.6 Å². The van der Waals surface area contributed by atoms with Gasteiger partial charge in [0.2, 0.25) is 0 Å². The summed E-state index contributed by atoms with van der Waals surface area (Å²) < 4.78 is 0. The molecule has 0 N–H and O–H groups in total. The Labute approximate surface area is 85.0 Å². The molecule has 0 heterocycles. The SMILES string of the molecule is O=C(/C=C/Cl)c1cccc([N+](=O)[O-])c1. The number of benzene rings is 1. The van der Waals surface area contributed by atoms with Gasteiger partial charge in [-0.2, -0.15) is 0 Å². The summed E-state index contributed by atoms with van der Waals surface area (Å²) in [5.41, 5.74) is 1.20. The first-order valence-electron chi connectivity index (χ1n) is 3.70. The smallest absolute Gasteiger partial charge is 0.270 e. The number of hydrogen-bond donors (Lipinski definition) is 0. The molecule has 4 nitrogen and oxygen atoms in total. The molecular weight excluding hydrogens is 206 g/mol.